The summed E-state index contributed by atoms with van der Waals surface area (Å²) >= 11 is 0. The van der Waals surface area contributed by atoms with E-state index in [0.29, 0.717) is 0 Å². The topological polar surface area (TPSA) is 61.9 Å². The highest BCUT2D eigenvalue weighted by Gasteiger charge is 2.35. The lowest BCUT2D eigenvalue weighted by atomic mass is 9.76. The molecule has 0 bridgehead atoms. The predicted octanol–water partition coefficient (Wildman–Crippen LogP) is 4.82. The van der Waals surface area contributed by atoms with Gasteiger partial charge in [0.15, 0.2) is 0 Å². The van der Waals surface area contributed by atoms with Crippen molar-refractivity contribution in [2.75, 3.05) is 18.0 Å². The Balaban J connectivity index is 1.53. The lowest BCUT2D eigenvalue weighted by Gasteiger charge is -2.41. The van der Waals surface area contributed by atoms with Crippen LogP contribution < -0.4 is 10.5 Å². The van der Waals surface area contributed by atoms with Crippen LogP contribution in [0.15, 0.2) is 59.4 Å². The smallest absolute Gasteiger partial charge is 0.270 e. The quantitative estimate of drug-likeness (QED) is 0.464. The van der Waals surface area contributed by atoms with Crippen LogP contribution in [-0.2, 0) is 12.5 Å². The van der Waals surface area contributed by atoms with Gasteiger partial charge in [0.2, 0.25) is 0 Å². The summed E-state index contributed by atoms with van der Waals surface area (Å²) in [5.41, 5.74) is 4.99. The van der Waals surface area contributed by atoms with Crippen LogP contribution in [0.1, 0.15) is 36.6 Å². The molecule has 2 aromatic heterocycles. The minimum Gasteiger partial charge on any atom is -0.370 e. The van der Waals surface area contributed by atoms with E-state index in [1.54, 1.807) is 11.6 Å². The molecule has 0 aliphatic carbocycles. The fourth-order valence-electron chi connectivity index (χ4n) is 5.05. The molecule has 0 atom stereocenters. The van der Waals surface area contributed by atoms with Crippen LogP contribution in [0.4, 0.5) is 5.69 Å². The summed E-state index contributed by atoms with van der Waals surface area (Å²) in [6.45, 7) is 5.98. The van der Waals surface area contributed by atoms with E-state index in [9.17, 15) is 10.1 Å². The van der Waals surface area contributed by atoms with Crippen LogP contribution in [0.2, 0.25) is 0 Å². The number of fused-ring (bicyclic) bond motifs is 2. The van der Waals surface area contributed by atoms with Crippen LogP contribution >= 0.6 is 0 Å². The Morgan fingerprint density at radius 2 is 1.69 bits per heavy atom. The molecule has 160 valence electrons. The number of piperidine rings is 1. The third kappa shape index (κ3) is 3.06. The second kappa shape index (κ2) is 7.49. The van der Waals surface area contributed by atoms with E-state index in [4.69, 9.17) is 4.98 Å². The van der Waals surface area contributed by atoms with Crippen molar-refractivity contribution in [1.82, 2.24) is 9.55 Å². The van der Waals surface area contributed by atoms with E-state index in [-0.39, 0.29) is 16.5 Å². The molecule has 1 aliphatic rings. The standard InChI is InChI=1S/C27H26N4O/c1-18-16-24(29-22-10-6-4-8-19(18)22)27(2)12-14-31(15-13-27)25-20-9-5-7-11-23(20)30(3)26(32)21(25)17-28/h4-11,16H,12-15H2,1-3H3. The summed E-state index contributed by atoms with van der Waals surface area (Å²) in [6, 6.07) is 20.5. The van der Waals surface area contributed by atoms with E-state index in [2.05, 4.69) is 49.1 Å². The van der Waals surface area contributed by atoms with Gasteiger partial charge in [0, 0.05) is 42.0 Å². The van der Waals surface area contributed by atoms with Crippen LogP contribution in [0.3, 0.4) is 0 Å². The molecular weight excluding hydrogens is 396 g/mol. The van der Waals surface area contributed by atoms with Gasteiger partial charge < -0.3 is 9.47 Å². The van der Waals surface area contributed by atoms with Gasteiger partial charge in [-0.05, 0) is 43.5 Å². The minimum absolute atomic E-state index is 0.0480. The number of benzene rings is 2. The third-order valence-corrected chi connectivity index (χ3v) is 7.11. The number of hydrogen-bond acceptors (Lipinski definition) is 4. The van der Waals surface area contributed by atoms with Crippen LogP contribution in [0, 0.1) is 18.3 Å². The predicted molar refractivity (Wildman–Crippen MR) is 129 cm³/mol. The molecule has 5 rings (SSSR count). The summed E-state index contributed by atoms with van der Waals surface area (Å²) in [7, 11) is 1.73. The maximum atomic E-state index is 12.9. The van der Waals surface area contributed by atoms with E-state index in [1.807, 2.05) is 30.3 Å². The summed E-state index contributed by atoms with van der Waals surface area (Å²) in [5.74, 6) is 0. The zero-order chi connectivity index (χ0) is 22.5. The number of rotatable bonds is 2. The molecule has 0 unspecified atom stereocenters. The maximum Gasteiger partial charge on any atom is 0.270 e. The minimum atomic E-state index is -0.235. The average Bonchev–Trinajstić information content (AvgIpc) is 2.82. The molecule has 32 heavy (non-hydrogen) atoms. The van der Waals surface area contributed by atoms with E-state index in [1.165, 1.54) is 10.9 Å². The maximum absolute atomic E-state index is 12.9. The van der Waals surface area contributed by atoms with Crippen molar-refractivity contribution in [3.8, 4) is 6.07 Å². The van der Waals surface area contributed by atoms with Gasteiger partial charge in [-0.25, -0.2) is 0 Å². The molecule has 0 amide bonds. The molecule has 1 aliphatic heterocycles. The number of aryl methyl sites for hydroxylation is 2. The first-order valence-corrected chi connectivity index (χ1v) is 11.1. The van der Waals surface area contributed by atoms with Crippen molar-refractivity contribution in [3.63, 3.8) is 0 Å². The Labute approximate surface area is 187 Å². The molecule has 0 saturated carbocycles. The van der Waals surface area contributed by atoms with Crippen molar-refractivity contribution in [2.24, 2.45) is 7.05 Å². The Kier molecular flexibility index (Phi) is 4.74. The van der Waals surface area contributed by atoms with Crippen molar-refractivity contribution >= 4 is 27.5 Å². The fourth-order valence-corrected chi connectivity index (χ4v) is 5.05. The molecule has 3 heterocycles. The zero-order valence-corrected chi connectivity index (χ0v) is 18.7. The lowest BCUT2D eigenvalue weighted by Crippen LogP contribution is -2.42. The lowest BCUT2D eigenvalue weighted by molar-refractivity contribution is 0.354. The van der Waals surface area contributed by atoms with E-state index in [0.717, 1.165) is 53.7 Å². The average molecular weight is 423 g/mol. The highest BCUT2D eigenvalue weighted by molar-refractivity contribution is 5.95. The molecule has 0 spiro atoms. The second-order valence-corrected chi connectivity index (χ2v) is 9.11. The van der Waals surface area contributed by atoms with Crippen molar-refractivity contribution in [3.05, 3.63) is 81.8 Å². The van der Waals surface area contributed by atoms with E-state index < -0.39 is 0 Å². The van der Waals surface area contributed by atoms with Gasteiger partial charge in [-0.1, -0.05) is 43.3 Å². The Hall–Kier alpha value is -3.65. The number of pyridine rings is 2. The van der Waals surface area contributed by atoms with Crippen LogP contribution in [0.25, 0.3) is 21.8 Å². The number of para-hydroxylation sites is 2. The normalized spacial score (nSPS) is 15.8. The first-order chi connectivity index (χ1) is 15.4. The van der Waals surface area contributed by atoms with Crippen molar-refractivity contribution in [1.29, 1.82) is 5.26 Å². The SMILES string of the molecule is Cc1cc(C2(C)CCN(c3c(C#N)c(=O)n(C)c4ccccc34)CC2)nc2ccccc12. The summed E-state index contributed by atoms with van der Waals surface area (Å²) in [4.78, 5) is 20.1. The van der Waals surface area contributed by atoms with Crippen molar-refractivity contribution < 1.29 is 0 Å². The molecule has 5 nitrogen and oxygen atoms in total. The van der Waals surface area contributed by atoms with Crippen LogP contribution in [0.5, 0.6) is 0 Å². The number of aromatic nitrogens is 2. The molecule has 0 radical (unpaired) electrons. The fraction of sp³-hybridized carbons (Fsp3) is 0.296. The Morgan fingerprint density at radius 1 is 1.03 bits per heavy atom. The number of nitriles is 1. The zero-order valence-electron chi connectivity index (χ0n) is 18.7. The summed E-state index contributed by atoms with van der Waals surface area (Å²) in [6.07, 6.45) is 1.82. The van der Waals surface area contributed by atoms with Gasteiger partial charge in [-0.15, -0.1) is 0 Å². The molecular formula is C27H26N4O. The largest absolute Gasteiger partial charge is 0.370 e. The Bertz CT molecular complexity index is 1450. The molecule has 0 N–H and O–H groups in total. The monoisotopic (exact) mass is 422 g/mol. The van der Waals surface area contributed by atoms with Gasteiger partial charge in [-0.3, -0.25) is 9.78 Å². The van der Waals surface area contributed by atoms with Gasteiger partial charge >= 0.3 is 0 Å². The highest BCUT2D eigenvalue weighted by atomic mass is 16.1. The van der Waals surface area contributed by atoms with Gasteiger partial charge in [0.25, 0.3) is 5.56 Å². The summed E-state index contributed by atoms with van der Waals surface area (Å²) < 4.78 is 1.58. The van der Waals surface area contributed by atoms with Crippen molar-refractivity contribution in [2.45, 2.75) is 32.1 Å². The molecule has 1 saturated heterocycles. The van der Waals surface area contributed by atoms with E-state index >= 15 is 0 Å². The molecule has 4 aromatic rings. The van der Waals surface area contributed by atoms with Crippen LogP contribution in [-0.4, -0.2) is 22.6 Å². The van der Waals surface area contributed by atoms with Gasteiger partial charge in [-0.2, -0.15) is 5.26 Å². The van der Waals surface area contributed by atoms with Gasteiger partial charge in [0.1, 0.15) is 11.6 Å². The summed E-state index contributed by atoms with van der Waals surface area (Å²) in [5, 5.41) is 12.0. The molecule has 5 heteroatoms. The third-order valence-electron chi connectivity index (χ3n) is 7.11. The Morgan fingerprint density at radius 3 is 2.41 bits per heavy atom. The number of hydrogen-bond donors (Lipinski definition) is 0. The second-order valence-electron chi connectivity index (χ2n) is 9.11. The molecule has 2 aromatic carbocycles. The molecule has 1 fully saturated rings. The highest BCUT2D eigenvalue weighted by Crippen LogP contribution is 2.39. The first-order valence-electron chi connectivity index (χ1n) is 11.1. The number of anilines is 1. The van der Waals surface area contributed by atoms with Gasteiger partial charge in [0.05, 0.1) is 16.7 Å². The first kappa shape index (κ1) is 20.3. The number of nitrogens with zero attached hydrogens (tertiary/aromatic N) is 4.